The number of thiophene rings is 1. The Morgan fingerprint density at radius 2 is 2.21 bits per heavy atom. The second-order valence-electron chi connectivity index (χ2n) is 4.77. The van der Waals surface area contributed by atoms with Crippen molar-refractivity contribution in [1.82, 2.24) is 4.90 Å². The lowest BCUT2D eigenvalue weighted by atomic mass is 10.1. The predicted octanol–water partition coefficient (Wildman–Crippen LogP) is 4.16. The molecule has 1 aromatic heterocycles. The van der Waals surface area contributed by atoms with Crippen LogP contribution in [0, 0.1) is 8.80 Å². The van der Waals surface area contributed by atoms with E-state index in [9.17, 15) is 18.0 Å². The van der Waals surface area contributed by atoms with Crippen LogP contribution in [0.2, 0.25) is 0 Å². The maximum absolute atomic E-state index is 12.6. The standard InChI is InChI=1S/C12H13F3INOS/c1-7(8-2-3-8)17(6-12(13,14)15)11(18)9-4-10(16)19-5-9/h4-5,7-8H,2-3,6H2,1H3. The van der Waals surface area contributed by atoms with E-state index in [4.69, 9.17) is 0 Å². The Kier molecular flexibility index (Phi) is 4.44. The molecule has 1 amide bonds. The fraction of sp³-hybridized carbons (Fsp3) is 0.583. The molecule has 0 saturated heterocycles. The summed E-state index contributed by atoms with van der Waals surface area (Å²) in [5.74, 6) is -0.306. The average molecular weight is 403 g/mol. The molecule has 0 N–H and O–H groups in total. The molecule has 1 aliphatic rings. The number of hydrogen-bond acceptors (Lipinski definition) is 2. The molecule has 2 nitrogen and oxygen atoms in total. The van der Waals surface area contributed by atoms with Gasteiger partial charge in [0.2, 0.25) is 0 Å². The number of nitrogens with zero attached hydrogens (tertiary/aromatic N) is 1. The number of halogens is 4. The van der Waals surface area contributed by atoms with Crippen LogP contribution in [0.25, 0.3) is 0 Å². The molecular formula is C12H13F3INOS. The van der Waals surface area contributed by atoms with Gasteiger partial charge in [-0.25, -0.2) is 0 Å². The van der Waals surface area contributed by atoms with Gasteiger partial charge in [0.05, 0.1) is 8.45 Å². The second-order valence-corrected chi connectivity index (χ2v) is 7.57. The van der Waals surface area contributed by atoms with Crippen LogP contribution in [0.1, 0.15) is 30.1 Å². The SMILES string of the molecule is CC(C1CC1)N(CC(F)(F)F)C(=O)c1csc(I)c1. The molecule has 19 heavy (non-hydrogen) atoms. The van der Waals surface area contributed by atoms with Gasteiger partial charge in [0.1, 0.15) is 6.54 Å². The van der Waals surface area contributed by atoms with Crippen LogP contribution in [0.3, 0.4) is 0 Å². The number of carbonyl (C=O) groups is 1. The summed E-state index contributed by atoms with van der Waals surface area (Å²) in [6.07, 6.45) is -2.55. The highest BCUT2D eigenvalue weighted by Gasteiger charge is 2.40. The predicted molar refractivity (Wildman–Crippen MR) is 76.3 cm³/mol. The van der Waals surface area contributed by atoms with Crippen molar-refractivity contribution in [1.29, 1.82) is 0 Å². The summed E-state index contributed by atoms with van der Waals surface area (Å²) in [6.45, 7) is 0.536. The highest BCUT2D eigenvalue weighted by Crippen LogP contribution is 2.37. The lowest BCUT2D eigenvalue weighted by Gasteiger charge is -2.30. The Hall–Kier alpha value is -0.310. The number of rotatable bonds is 4. The molecule has 1 aromatic rings. The van der Waals surface area contributed by atoms with Gasteiger partial charge in [0.25, 0.3) is 5.91 Å². The zero-order chi connectivity index (χ0) is 14.2. The van der Waals surface area contributed by atoms with Gasteiger partial charge in [-0.3, -0.25) is 4.79 Å². The smallest absolute Gasteiger partial charge is 0.327 e. The molecule has 0 radical (unpaired) electrons. The van der Waals surface area contributed by atoms with Gasteiger partial charge in [0.15, 0.2) is 0 Å². The Labute approximate surface area is 127 Å². The summed E-state index contributed by atoms with van der Waals surface area (Å²) < 4.78 is 38.8. The summed E-state index contributed by atoms with van der Waals surface area (Å²) in [7, 11) is 0. The van der Waals surface area contributed by atoms with Crippen LogP contribution >= 0.6 is 33.9 Å². The Morgan fingerprint density at radius 1 is 1.58 bits per heavy atom. The summed E-state index contributed by atoms with van der Waals surface area (Å²) in [4.78, 5) is 13.2. The zero-order valence-corrected chi connectivity index (χ0v) is 13.2. The number of alkyl halides is 3. The van der Waals surface area contributed by atoms with Gasteiger partial charge < -0.3 is 4.90 Å². The van der Waals surface area contributed by atoms with Crippen molar-refractivity contribution < 1.29 is 18.0 Å². The molecule has 1 fully saturated rings. The van der Waals surface area contributed by atoms with Gasteiger partial charge in [-0.05, 0) is 54.3 Å². The van der Waals surface area contributed by atoms with E-state index >= 15 is 0 Å². The highest BCUT2D eigenvalue weighted by molar-refractivity contribution is 14.1. The van der Waals surface area contributed by atoms with Crippen LogP contribution in [-0.2, 0) is 0 Å². The number of hydrogen-bond donors (Lipinski definition) is 0. The molecule has 1 saturated carbocycles. The number of carbonyl (C=O) groups excluding carboxylic acids is 1. The van der Waals surface area contributed by atoms with Crippen molar-refractivity contribution in [3.8, 4) is 0 Å². The molecule has 0 spiro atoms. The van der Waals surface area contributed by atoms with Crippen molar-refractivity contribution in [2.45, 2.75) is 32.0 Å². The van der Waals surface area contributed by atoms with Crippen molar-refractivity contribution in [3.63, 3.8) is 0 Å². The van der Waals surface area contributed by atoms with E-state index in [-0.39, 0.29) is 12.0 Å². The van der Waals surface area contributed by atoms with Crippen LogP contribution in [0.4, 0.5) is 13.2 Å². The Balaban J connectivity index is 2.18. The highest BCUT2D eigenvalue weighted by atomic mass is 127. The van der Waals surface area contributed by atoms with Crippen LogP contribution < -0.4 is 0 Å². The van der Waals surface area contributed by atoms with E-state index in [1.165, 1.54) is 11.3 Å². The molecule has 2 rings (SSSR count). The van der Waals surface area contributed by atoms with E-state index in [0.29, 0.717) is 5.56 Å². The number of amides is 1. The van der Waals surface area contributed by atoms with E-state index in [1.807, 2.05) is 0 Å². The first-order chi connectivity index (χ1) is 8.78. The van der Waals surface area contributed by atoms with Gasteiger partial charge in [-0.1, -0.05) is 0 Å². The summed E-state index contributed by atoms with van der Waals surface area (Å²) in [5, 5.41) is 1.62. The van der Waals surface area contributed by atoms with Crippen LogP contribution in [0.5, 0.6) is 0 Å². The first-order valence-electron chi connectivity index (χ1n) is 5.89. The molecule has 0 bridgehead atoms. The molecule has 7 heteroatoms. The average Bonchev–Trinajstić information content (AvgIpc) is 3.06. The molecule has 1 heterocycles. The summed E-state index contributed by atoms with van der Waals surface area (Å²) in [5.41, 5.74) is 0.353. The summed E-state index contributed by atoms with van der Waals surface area (Å²) >= 11 is 3.42. The van der Waals surface area contributed by atoms with Crippen molar-refractivity contribution >= 4 is 39.8 Å². The van der Waals surface area contributed by atoms with E-state index in [0.717, 1.165) is 20.6 Å². The second kappa shape index (κ2) is 5.59. The van der Waals surface area contributed by atoms with Crippen molar-refractivity contribution in [2.24, 2.45) is 5.92 Å². The third-order valence-electron chi connectivity index (χ3n) is 3.22. The quantitative estimate of drug-likeness (QED) is 0.692. The fourth-order valence-electron chi connectivity index (χ4n) is 2.02. The van der Waals surface area contributed by atoms with Crippen LogP contribution in [-0.4, -0.2) is 29.6 Å². The molecule has 0 aliphatic heterocycles. The molecule has 106 valence electrons. The monoisotopic (exact) mass is 403 g/mol. The van der Waals surface area contributed by atoms with Gasteiger partial charge in [0, 0.05) is 11.4 Å². The minimum atomic E-state index is -4.36. The van der Waals surface area contributed by atoms with E-state index < -0.39 is 18.6 Å². The zero-order valence-electron chi connectivity index (χ0n) is 10.2. The van der Waals surface area contributed by atoms with Gasteiger partial charge in [-0.2, -0.15) is 13.2 Å². The van der Waals surface area contributed by atoms with E-state index in [1.54, 1.807) is 18.4 Å². The third-order valence-corrected chi connectivity index (χ3v) is 5.01. The molecule has 0 aromatic carbocycles. The Morgan fingerprint density at radius 3 is 2.63 bits per heavy atom. The molecular weight excluding hydrogens is 390 g/mol. The maximum atomic E-state index is 12.6. The molecule has 1 atom stereocenters. The minimum Gasteiger partial charge on any atom is -0.327 e. The molecule has 1 unspecified atom stereocenters. The first-order valence-corrected chi connectivity index (χ1v) is 7.85. The normalized spacial score (nSPS) is 17.3. The van der Waals surface area contributed by atoms with Crippen LogP contribution in [0.15, 0.2) is 11.4 Å². The maximum Gasteiger partial charge on any atom is 0.406 e. The van der Waals surface area contributed by atoms with Gasteiger partial charge in [-0.15, -0.1) is 11.3 Å². The fourth-order valence-corrected chi connectivity index (χ4v) is 3.34. The lowest BCUT2D eigenvalue weighted by molar-refractivity contribution is -0.144. The van der Waals surface area contributed by atoms with Crippen molar-refractivity contribution in [3.05, 3.63) is 19.9 Å². The lowest BCUT2D eigenvalue weighted by Crippen LogP contribution is -2.45. The first kappa shape index (κ1) is 15.1. The van der Waals surface area contributed by atoms with E-state index in [2.05, 4.69) is 22.6 Å². The third kappa shape index (κ3) is 4.08. The Bertz CT molecular complexity index is 470. The topological polar surface area (TPSA) is 20.3 Å². The minimum absolute atomic E-state index is 0.212. The van der Waals surface area contributed by atoms with Crippen molar-refractivity contribution in [2.75, 3.05) is 6.54 Å². The molecule has 1 aliphatic carbocycles. The largest absolute Gasteiger partial charge is 0.406 e. The summed E-state index contributed by atoms with van der Waals surface area (Å²) in [6, 6.07) is 1.28. The van der Waals surface area contributed by atoms with Gasteiger partial charge >= 0.3 is 6.18 Å².